The maximum absolute atomic E-state index is 12.0. The minimum Gasteiger partial charge on any atom is -0.497 e. The molecule has 1 saturated heterocycles. The summed E-state index contributed by atoms with van der Waals surface area (Å²) in [5, 5.41) is 12.0. The highest BCUT2D eigenvalue weighted by Gasteiger charge is 2.64. The van der Waals surface area contributed by atoms with Crippen LogP contribution in [0.5, 0.6) is 5.75 Å². The molecule has 2 rings (SSSR count). The van der Waals surface area contributed by atoms with E-state index in [9.17, 15) is 5.11 Å². The Hall–Kier alpha value is -1.01. The highest BCUT2D eigenvalue weighted by molar-refractivity contribution is 6.74. The topological polar surface area (TPSA) is 69.7 Å². The van der Waals surface area contributed by atoms with Crippen molar-refractivity contribution in [2.24, 2.45) is 17.8 Å². The van der Waals surface area contributed by atoms with Crippen LogP contribution in [-0.4, -0.2) is 66.0 Å². The third kappa shape index (κ3) is 9.50. The Morgan fingerprint density at radius 2 is 1.56 bits per heavy atom. The lowest BCUT2D eigenvalue weighted by molar-refractivity contribution is -0.0538. The van der Waals surface area contributed by atoms with Crippen molar-refractivity contribution in [3.63, 3.8) is 0 Å². The van der Waals surface area contributed by atoms with Crippen LogP contribution in [0.15, 0.2) is 36.9 Å². The van der Waals surface area contributed by atoms with Crippen molar-refractivity contribution in [3.8, 4) is 5.75 Å². The molecule has 1 fully saturated rings. The van der Waals surface area contributed by atoms with Crippen LogP contribution in [0.2, 0.25) is 36.3 Å². The van der Waals surface area contributed by atoms with E-state index in [1.54, 1.807) is 7.11 Å². The van der Waals surface area contributed by atoms with Crippen molar-refractivity contribution in [3.05, 3.63) is 42.5 Å². The zero-order chi connectivity index (χ0) is 33.0. The van der Waals surface area contributed by atoms with Gasteiger partial charge in [-0.05, 0) is 67.3 Å². The van der Waals surface area contributed by atoms with Gasteiger partial charge in [0, 0.05) is 24.4 Å². The first kappa shape index (κ1) is 38.2. The molecule has 0 amide bonds. The van der Waals surface area contributed by atoms with Gasteiger partial charge >= 0.3 is 0 Å². The molecule has 43 heavy (non-hydrogen) atoms. The summed E-state index contributed by atoms with van der Waals surface area (Å²) in [5.74, 6) is 0.649. The van der Waals surface area contributed by atoms with Crippen LogP contribution in [0.3, 0.4) is 0 Å². The molecule has 7 atom stereocenters. The zero-order valence-corrected chi connectivity index (χ0v) is 31.9. The summed E-state index contributed by atoms with van der Waals surface area (Å²) in [7, 11) is -2.68. The molecule has 0 unspecified atom stereocenters. The molecule has 1 heterocycles. The summed E-state index contributed by atoms with van der Waals surface area (Å²) in [6.45, 7) is 34.7. The normalized spacial score (nSPS) is 23.3. The number of ether oxygens (including phenoxy) is 3. The lowest BCUT2D eigenvalue weighted by atomic mass is 9.79. The van der Waals surface area contributed by atoms with Gasteiger partial charge in [-0.3, -0.25) is 0 Å². The van der Waals surface area contributed by atoms with Gasteiger partial charge in [0.15, 0.2) is 16.6 Å². The number of hydrogen-bond donors (Lipinski definition) is 1. The fourth-order valence-electron chi connectivity index (χ4n) is 5.20. The van der Waals surface area contributed by atoms with Gasteiger partial charge in [-0.25, -0.2) is 0 Å². The van der Waals surface area contributed by atoms with E-state index in [1.165, 1.54) is 0 Å². The Morgan fingerprint density at radius 1 is 1.00 bits per heavy atom. The summed E-state index contributed by atoms with van der Waals surface area (Å²) in [4.78, 5) is 0. The third-order valence-corrected chi connectivity index (χ3v) is 19.4. The molecule has 1 aromatic rings. The molecule has 0 bridgehead atoms. The fourth-order valence-corrected chi connectivity index (χ4v) is 7.64. The first-order valence-electron chi connectivity index (χ1n) is 16.2. The molecule has 8 heteroatoms. The molecule has 0 aliphatic carbocycles. The first-order valence-corrected chi connectivity index (χ1v) is 22.0. The number of hydrogen-bond acceptors (Lipinski definition) is 6. The van der Waals surface area contributed by atoms with Crippen LogP contribution in [-0.2, 0) is 24.9 Å². The Bertz CT molecular complexity index is 1010. The molecule has 6 nitrogen and oxygen atoms in total. The van der Waals surface area contributed by atoms with Crippen molar-refractivity contribution in [2.45, 2.75) is 136 Å². The quantitative estimate of drug-likeness (QED) is 0.105. The van der Waals surface area contributed by atoms with E-state index >= 15 is 0 Å². The van der Waals surface area contributed by atoms with Crippen molar-refractivity contribution in [1.29, 1.82) is 0 Å². The van der Waals surface area contributed by atoms with Gasteiger partial charge in [0.1, 0.15) is 11.4 Å². The minimum atomic E-state index is -2.26. The van der Waals surface area contributed by atoms with E-state index in [0.29, 0.717) is 19.8 Å². The van der Waals surface area contributed by atoms with Gasteiger partial charge in [-0.2, -0.15) is 0 Å². The Balaban J connectivity index is 2.37. The SMILES string of the molecule is C=C[C@@H](CC)[C@@H](O)[C@H](CO[Si](C)(C)C(C)(C)C)[C@H](O[Si](C)(C)C(C)(C)C)[C@]1(C)O[C@@H]1[C@@H](C)COCc1ccc(OC)cc1. The second-order valence-electron chi connectivity index (χ2n) is 15.9. The van der Waals surface area contributed by atoms with Crippen LogP contribution >= 0.6 is 0 Å². The predicted octanol–water partition coefficient (Wildman–Crippen LogP) is 8.61. The average molecular weight is 637 g/mol. The summed E-state index contributed by atoms with van der Waals surface area (Å²) in [6.07, 6.45) is 1.63. The maximum Gasteiger partial charge on any atom is 0.192 e. The monoisotopic (exact) mass is 636 g/mol. The van der Waals surface area contributed by atoms with Crippen LogP contribution in [0.25, 0.3) is 0 Å². The first-order chi connectivity index (χ1) is 19.6. The minimum absolute atomic E-state index is 0.00251. The molecular weight excluding hydrogens is 573 g/mol. The van der Waals surface area contributed by atoms with Gasteiger partial charge < -0.3 is 28.2 Å². The largest absolute Gasteiger partial charge is 0.497 e. The fraction of sp³-hybridized carbons (Fsp3) is 0.771. The van der Waals surface area contributed by atoms with Crippen molar-refractivity contribution in [1.82, 2.24) is 0 Å². The van der Waals surface area contributed by atoms with E-state index < -0.39 is 28.3 Å². The van der Waals surface area contributed by atoms with Crippen LogP contribution in [0, 0.1) is 17.8 Å². The van der Waals surface area contributed by atoms with Gasteiger partial charge in [-0.15, -0.1) is 6.58 Å². The molecule has 1 aliphatic rings. The highest BCUT2D eigenvalue weighted by Crippen LogP contribution is 2.51. The maximum atomic E-state index is 12.0. The summed E-state index contributed by atoms with van der Waals surface area (Å²) >= 11 is 0. The number of aliphatic hydroxyl groups is 1. The molecule has 0 aromatic heterocycles. The van der Waals surface area contributed by atoms with Crippen LogP contribution < -0.4 is 4.74 Å². The summed E-state index contributed by atoms with van der Waals surface area (Å²) in [5.41, 5.74) is 0.535. The summed E-state index contributed by atoms with van der Waals surface area (Å²) in [6, 6.07) is 7.97. The molecule has 1 N–H and O–H groups in total. The van der Waals surface area contributed by atoms with E-state index in [4.69, 9.17) is 23.1 Å². The Morgan fingerprint density at radius 3 is 2.02 bits per heavy atom. The van der Waals surface area contributed by atoms with Crippen LogP contribution in [0.1, 0.15) is 74.3 Å². The molecule has 0 saturated carbocycles. The van der Waals surface area contributed by atoms with E-state index in [-0.39, 0.29) is 40.0 Å². The second-order valence-corrected chi connectivity index (χ2v) is 25.5. The van der Waals surface area contributed by atoms with Crippen LogP contribution in [0.4, 0.5) is 0 Å². The predicted molar refractivity (Wildman–Crippen MR) is 184 cm³/mol. The number of epoxide rings is 1. The molecule has 1 aromatic carbocycles. The lowest BCUT2D eigenvalue weighted by Gasteiger charge is -2.46. The highest BCUT2D eigenvalue weighted by atomic mass is 28.4. The van der Waals surface area contributed by atoms with Gasteiger partial charge in [0.2, 0.25) is 0 Å². The molecule has 248 valence electrons. The second kappa shape index (κ2) is 14.6. The van der Waals surface area contributed by atoms with E-state index in [2.05, 4.69) is 95.1 Å². The van der Waals surface area contributed by atoms with E-state index in [0.717, 1.165) is 17.7 Å². The standard InChI is InChI=1S/C35H64O6Si2/c1-16-27(17-2)30(36)29(24-39-42(12,13)33(4,5)6)32(41-43(14,15)34(7,8)9)35(10)31(40-35)25(3)22-38-23-26-18-20-28(37-11)21-19-26/h16,18-21,25,27,29-32,36H,1,17,22-24H2,2-15H3/t25-,27-,29-,30+,31+,32-,35+/m0/s1. The Labute approximate surface area is 266 Å². The Kier molecular flexibility index (Phi) is 13.0. The third-order valence-electron chi connectivity index (χ3n) is 10.5. The number of rotatable bonds is 17. The number of benzene rings is 1. The average Bonchev–Trinajstić information content (AvgIpc) is 3.60. The van der Waals surface area contributed by atoms with Gasteiger partial charge in [0.05, 0.1) is 38.6 Å². The molecule has 0 spiro atoms. The van der Waals surface area contributed by atoms with Crippen molar-refractivity contribution in [2.75, 3.05) is 20.3 Å². The molecular formula is C35H64O6Si2. The van der Waals surface area contributed by atoms with Gasteiger partial charge in [0.25, 0.3) is 0 Å². The van der Waals surface area contributed by atoms with Gasteiger partial charge in [-0.1, -0.05) is 73.6 Å². The number of aliphatic hydroxyl groups excluding tert-OH is 1. The smallest absolute Gasteiger partial charge is 0.192 e. The lowest BCUT2D eigenvalue weighted by Crippen LogP contribution is -2.56. The van der Waals surface area contributed by atoms with Crippen molar-refractivity contribution < 1.29 is 28.2 Å². The summed E-state index contributed by atoms with van der Waals surface area (Å²) < 4.78 is 32.2. The van der Waals surface area contributed by atoms with E-state index in [1.807, 2.05) is 30.3 Å². The van der Waals surface area contributed by atoms with Crippen molar-refractivity contribution >= 4 is 16.6 Å². The number of methoxy groups -OCH3 is 1. The molecule has 0 radical (unpaired) electrons. The zero-order valence-electron chi connectivity index (χ0n) is 29.9. The molecule has 1 aliphatic heterocycles.